The summed E-state index contributed by atoms with van der Waals surface area (Å²) in [6.45, 7) is 2.22. The highest BCUT2D eigenvalue weighted by atomic mass is 79.9. The Balaban J connectivity index is 1.60. The van der Waals surface area contributed by atoms with Gasteiger partial charge in [-0.05, 0) is 81.0 Å². The van der Waals surface area contributed by atoms with Gasteiger partial charge >= 0.3 is 0 Å². The molecule has 2 aromatic rings. The summed E-state index contributed by atoms with van der Waals surface area (Å²) in [5, 5.41) is 13.7. The fraction of sp³-hybridized carbons (Fsp3) is 0.263. The molecule has 0 radical (unpaired) electrons. The summed E-state index contributed by atoms with van der Waals surface area (Å²) in [5.74, 6) is -0.300. The highest BCUT2D eigenvalue weighted by Crippen LogP contribution is 2.33. The number of hydrogen-bond acceptors (Lipinski definition) is 4. The van der Waals surface area contributed by atoms with Crippen molar-refractivity contribution in [3.05, 3.63) is 56.5 Å². The lowest BCUT2D eigenvalue weighted by atomic mass is 10.1. The van der Waals surface area contributed by atoms with E-state index in [1.54, 1.807) is 18.3 Å². The van der Waals surface area contributed by atoms with E-state index in [4.69, 9.17) is 0 Å². The van der Waals surface area contributed by atoms with Gasteiger partial charge in [-0.3, -0.25) is 4.79 Å². The SMILES string of the molecule is O=C(N/N=C/c1ccc(N2CCCCC2)cc1)c1cc(Br)c(O)c(Br)c1. The number of hydrogen-bond donors (Lipinski definition) is 2. The largest absolute Gasteiger partial charge is 0.506 e. The Morgan fingerprint density at radius 2 is 1.69 bits per heavy atom. The number of amides is 1. The number of phenolic OH excluding ortho intramolecular Hbond substituents is 1. The molecule has 136 valence electrons. The van der Waals surface area contributed by atoms with Crippen molar-refractivity contribution < 1.29 is 9.90 Å². The van der Waals surface area contributed by atoms with Gasteiger partial charge in [0.05, 0.1) is 15.2 Å². The number of phenols is 1. The molecule has 2 aromatic carbocycles. The Morgan fingerprint density at radius 3 is 2.31 bits per heavy atom. The lowest BCUT2D eigenvalue weighted by Gasteiger charge is -2.28. The zero-order valence-corrected chi connectivity index (χ0v) is 17.3. The maximum atomic E-state index is 12.2. The topological polar surface area (TPSA) is 64.9 Å². The molecule has 2 N–H and O–H groups in total. The van der Waals surface area contributed by atoms with E-state index in [0.29, 0.717) is 14.5 Å². The fourth-order valence-electron chi connectivity index (χ4n) is 2.85. The Bertz CT molecular complexity index is 793. The number of anilines is 1. The van der Waals surface area contributed by atoms with Gasteiger partial charge in [0, 0.05) is 24.3 Å². The third kappa shape index (κ3) is 4.65. The highest BCUT2D eigenvalue weighted by molar-refractivity contribution is 9.11. The first kappa shape index (κ1) is 18.9. The van der Waals surface area contributed by atoms with E-state index in [-0.39, 0.29) is 11.7 Å². The van der Waals surface area contributed by atoms with Crippen molar-refractivity contribution >= 4 is 49.7 Å². The van der Waals surface area contributed by atoms with Gasteiger partial charge in [0.15, 0.2) is 0 Å². The van der Waals surface area contributed by atoms with Crippen molar-refractivity contribution in [2.75, 3.05) is 18.0 Å². The van der Waals surface area contributed by atoms with Gasteiger partial charge in [0.2, 0.25) is 0 Å². The maximum Gasteiger partial charge on any atom is 0.271 e. The molecule has 0 bridgehead atoms. The lowest BCUT2D eigenvalue weighted by molar-refractivity contribution is 0.0955. The fourth-order valence-corrected chi connectivity index (χ4v) is 4.04. The molecule has 0 saturated carbocycles. The zero-order valence-electron chi connectivity index (χ0n) is 14.1. The van der Waals surface area contributed by atoms with Crippen LogP contribution in [0.25, 0.3) is 0 Å². The van der Waals surface area contributed by atoms with Crippen LogP contribution < -0.4 is 10.3 Å². The normalized spacial score (nSPS) is 14.6. The number of nitrogens with one attached hydrogen (secondary N) is 1. The molecule has 1 heterocycles. The predicted molar refractivity (Wildman–Crippen MR) is 111 cm³/mol. The van der Waals surface area contributed by atoms with Crippen LogP contribution in [0.4, 0.5) is 5.69 Å². The predicted octanol–water partition coefficient (Wildman–Crippen LogP) is 4.67. The van der Waals surface area contributed by atoms with Crippen molar-refractivity contribution in [2.45, 2.75) is 19.3 Å². The molecule has 1 fully saturated rings. The molecule has 0 unspecified atom stereocenters. The van der Waals surface area contributed by atoms with Gasteiger partial charge in [-0.15, -0.1) is 0 Å². The average molecular weight is 481 g/mol. The van der Waals surface area contributed by atoms with Crippen LogP contribution in [0.3, 0.4) is 0 Å². The number of carbonyl (C=O) groups is 1. The monoisotopic (exact) mass is 479 g/mol. The second kappa shape index (κ2) is 8.68. The quantitative estimate of drug-likeness (QED) is 0.493. The number of nitrogens with zero attached hydrogens (tertiary/aromatic N) is 2. The van der Waals surface area contributed by atoms with E-state index >= 15 is 0 Å². The molecule has 26 heavy (non-hydrogen) atoms. The number of halogens is 2. The average Bonchev–Trinajstić information content (AvgIpc) is 2.67. The maximum absolute atomic E-state index is 12.2. The summed E-state index contributed by atoms with van der Waals surface area (Å²) >= 11 is 6.41. The Labute approximate surface area is 169 Å². The van der Waals surface area contributed by atoms with Gasteiger partial charge in [-0.2, -0.15) is 5.10 Å². The van der Waals surface area contributed by atoms with Crippen molar-refractivity contribution in [2.24, 2.45) is 5.10 Å². The van der Waals surface area contributed by atoms with Crippen molar-refractivity contribution in [1.29, 1.82) is 0 Å². The highest BCUT2D eigenvalue weighted by Gasteiger charge is 2.12. The van der Waals surface area contributed by atoms with E-state index in [9.17, 15) is 9.90 Å². The molecular weight excluding hydrogens is 462 g/mol. The van der Waals surface area contributed by atoms with E-state index in [0.717, 1.165) is 18.7 Å². The van der Waals surface area contributed by atoms with Gasteiger partial charge in [-0.1, -0.05) is 12.1 Å². The number of piperidine rings is 1. The summed E-state index contributed by atoms with van der Waals surface area (Å²) in [6.07, 6.45) is 5.43. The Kier molecular flexibility index (Phi) is 6.32. The van der Waals surface area contributed by atoms with Gasteiger partial charge in [-0.25, -0.2) is 5.43 Å². The summed E-state index contributed by atoms with van der Waals surface area (Å²) in [4.78, 5) is 14.6. The third-order valence-corrected chi connectivity index (χ3v) is 5.48. The standard InChI is InChI=1S/C19H19Br2N3O2/c20-16-10-14(11-17(21)18(16)25)19(26)23-22-12-13-4-6-15(7-5-13)24-8-2-1-3-9-24/h4-7,10-12,25H,1-3,8-9H2,(H,23,26)/b22-12+. The number of benzene rings is 2. The molecule has 1 amide bonds. The summed E-state index contributed by atoms with van der Waals surface area (Å²) in [7, 11) is 0. The summed E-state index contributed by atoms with van der Waals surface area (Å²) in [6, 6.07) is 11.2. The van der Waals surface area contributed by atoms with Gasteiger partial charge in [0.25, 0.3) is 5.91 Å². The smallest absolute Gasteiger partial charge is 0.271 e. The van der Waals surface area contributed by atoms with Crippen LogP contribution in [0, 0.1) is 0 Å². The minimum atomic E-state index is -0.354. The zero-order chi connectivity index (χ0) is 18.5. The van der Waals surface area contributed by atoms with Crippen molar-refractivity contribution in [3.8, 4) is 5.75 Å². The van der Waals surface area contributed by atoms with Crippen LogP contribution >= 0.6 is 31.9 Å². The first-order valence-electron chi connectivity index (χ1n) is 8.41. The number of carbonyl (C=O) groups excluding carboxylic acids is 1. The van der Waals surface area contributed by atoms with Crippen LogP contribution in [-0.4, -0.2) is 30.3 Å². The molecule has 1 aliphatic heterocycles. The summed E-state index contributed by atoms with van der Waals surface area (Å²) in [5.41, 5.74) is 5.03. The number of aromatic hydroxyl groups is 1. The molecule has 1 aliphatic rings. The third-order valence-electron chi connectivity index (χ3n) is 4.27. The molecule has 0 spiro atoms. The molecular formula is C19H19Br2N3O2. The molecule has 7 heteroatoms. The van der Waals surface area contributed by atoms with E-state index in [2.05, 4.69) is 59.4 Å². The number of rotatable bonds is 4. The van der Waals surface area contributed by atoms with Gasteiger partial charge in [0.1, 0.15) is 5.75 Å². The van der Waals surface area contributed by atoms with Crippen LogP contribution in [0.5, 0.6) is 5.75 Å². The second-order valence-corrected chi connectivity index (χ2v) is 7.84. The summed E-state index contributed by atoms with van der Waals surface area (Å²) < 4.78 is 0.878. The molecule has 5 nitrogen and oxygen atoms in total. The Morgan fingerprint density at radius 1 is 1.08 bits per heavy atom. The molecule has 1 saturated heterocycles. The minimum Gasteiger partial charge on any atom is -0.506 e. The first-order valence-corrected chi connectivity index (χ1v) is 9.99. The first-order chi connectivity index (χ1) is 12.5. The minimum absolute atomic E-state index is 0.0545. The van der Waals surface area contributed by atoms with Crippen LogP contribution in [0.2, 0.25) is 0 Å². The molecule has 3 rings (SSSR count). The second-order valence-electron chi connectivity index (χ2n) is 6.13. The van der Waals surface area contributed by atoms with Gasteiger partial charge < -0.3 is 10.0 Å². The van der Waals surface area contributed by atoms with Crippen molar-refractivity contribution in [1.82, 2.24) is 5.43 Å². The van der Waals surface area contributed by atoms with E-state index in [1.165, 1.54) is 24.9 Å². The Hall–Kier alpha value is -1.86. The molecule has 0 atom stereocenters. The van der Waals surface area contributed by atoms with E-state index < -0.39 is 0 Å². The van der Waals surface area contributed by atoms with Crippen LogP contribution in [0.1, 0.15) is 35.2 Å². The van der Waals surface area contributed by atoms with E-state index in [1.807, 2.05) is 12.1 Å². The lowest BCUT2D eigenvalue weighted by Crippen LogP contribution is -2.29. The van der Waals surface area contributed by atoms with Crippen LogP contribution in [-0.2, 0) is 0 Å². The van der Waals surface area contributed by atoms with Crippen LogP contribution in [0.15, 0.2) is 50.4 Å². The number of hydrazone groups is 1. The molecule has 0 aromatic heterocycles. The van der Waals surface area contributed by atoms with Crippen molar-refractivity contribution in [3.63, 3.8) is 0 Å². The molecule has 0 aliphatic carbocycles.